The molecule has 8 bridgehead atoms. The second kappa shape index (κ2) is 17.1. The van der Waals surface area contributed by atoms with Crippen molar-refractivity contribution >= 4 is 51.8 Å². The van der Waals surface area contributed by atoms with Gasteiger partial charge in [-0.15, -0.1) is 0 Å². The van der Waals surface area contributed by atoms with Gasteiger partial charge in [-0.05, 0) is 52.4 Å². The largest absolute Gasteiger partial charge is 0.417 e. The summed E-state index contributed by atoms with van der Waals surface area (Å²) in [5.41, 5.74) is -16.4. The van der Waals surface area contributed by atoms with Crippen molar-refractivity contribution in [2.45, 2.75) is 24.7 Å². The summed E-state index contributed by atoms with van der Waals surface area (Å²) in [6.07, 6.45) is -20.6. The molecule has 5 heterocycles. The summed E-state index contributed by atoms with van der Waals surface area (Å²) in [7, 11) is 0. The van der Waals surface area contributed by atoms with Crippen molar-refractivity contribution in [3.05, 3.63) is 175 Å². The summed E-state index contributed by atoms with van der Waals surface area (Å²) < 4.78 is 177. The minimum Gasteiger partial charge on any atom is -0.323 e. The Hall–Kier alpha value is -9.59. The highest BCUT2D eigenvalue weighted by Crippen LogP contribution is 2.45. The van der Waals surface area contributed by atoms with Crippen LogP contribution in [0, 0.1) is 39.4 Å². The molecule has 354 valence electrons. The predicted octanol–water partition coefficient (Wildman–Crippen LogP) is 10.4. The molecule has 0 amide bonds. The summed E-state index contributed by atoms with van der Waals surface area (Å²) in [6, 6.07) is 19.7. The van der Waals surface area contributed by atoms with Gasteiger partial charge in [-0.3, -0.25) is 5.41 Å². The lowest BCUT2D eigenvalue weighted by Crippen LogP contribution is -2.17. The fourth-order valence-electron chi connectivity index (χ4n) is 8.11. The Morgan fingerprint density at radius 3 is 1.21 bits per heavy atom. The number of aliphatic imine (C=N–C) groups is 5. The molecule has 0 saturated heterocycles. The maximum absolute atomic E-state index is 14.8. The van der Waals surface area contributed by atoms with Crippen LogP contribution < -0.4 is 11.0 Å². The fourth-order valence-corrected chi connectivity index (χ4v) is 8.11. The number of nitrogens with one attached hydrogen (secondary N) is 2. The Morgan fingerprint density at radius 1 is 0.403 bits per heavy atom. The summed E-state index contributed by atoms with van der Waals surface area (Å²) in [5.74, 6) is -3.34. The smallest absolute Gasteiger partial charge is 0.323 e. The molecule has 5 aromatic rings. The van der Waals surface area contributed by atoms with Crippen molar-refractivity contribution < 1.29 is 52.7 Å². The van der Waals surface area contributed by atoms with E-state index >= 15 is 0 Å². The van der Waals surface area contributed by atoms with E-state index in [1.807, 2.05) is 5.87 Å². The molecule has 1 aromatic heterocycles. The molecule has 0 saturated carbocycles. The average molecular weight is 991 g/mol. The van der Waals surface area contributed by atoms with E-state index in [4.69, 9.17) is 5.41 Å². The van der Waals surface area contributed by atoms with Gasteiger partial charge in [0, 0.05) is 22.3 Å². The highest BCUT2D eigenvalue weighted by Gasteiger charge is 2.43. The van der Waals surface area contributed by atoms with Crippen molar-refractivity contribution in [3.8, 4) is 29.3 Å². The van der Waals surface area contributed by atoms with Crippen LogP contribution in [0.4, 0.5) is 52.7 Å². The normalized spacial score (nSPS) is 15.9. The summed E-state index contributed by atoms with van der Waals surface area (Å²) >= 11 is 0. The molecule has 2 N–H and O–H groups in total. The highest BCUT2D eigenvalue weighted by molar-refractivity contribution is 6.42. The van der Waals surface area contributed by atoms with Gasteiger partial charge < -0.3 is 4.98 Å². The summed E-state index contributed by atoms with van der Waals surface area (Å²) in [4.78, 5) is 32.3. The van der Waals surface area contributed by atoms with Gasteiger partial charge in [-0.1, -0.05) is 72.8 Å². The van der Waals surface area contributed by atoms with E-state index in [1.54, 1.807) is 18.2 Å². The summed E-state index contributed by atoms with van der Waals surface area (Å²) in [5, 5.41) is 40.5. The van der Waals surface area contributed by atoms with Gasteiger partial charge in [-0.2, -0.15) is 68.5 Å². The Morgan fingerprint density at radius 2 is 0.764 bits per heavy atom. The number of nitriles is 3. The zero-order valence-corrected chi connectivity index (χ0v) is 35.2. The molecule has 0 aliphatic carbocycles. The van der Waals surface area contributed by atoms with Crippen molar-refractivity contribution in [3.63, 3.8) is 0 Å². The maximum Gasteiger partial charge on any atom is 0.417 e. The number of fused-ring (bicyclic) bond motifs is 5. The third kappa shape index (κ3) is 8.08. The molecule has 4 aliphatic heterocycles. The quantitative estimate of drug-likeness (QED) is 0.134. The minimum absolute atomic E-state index is 0.623. The monoisotopic (exact) mass is 990 g/mol. The molecule has 0 fully saturated rings. The number of hydrogen-bond acceptors (Lipinski definition) is 11. The summed E-state index contributed by atoms with van der Waals surface area (Å²) in [6.45, 7) is 0. The standard InChI is InChI=1S/C48H18F12N12/c49-45(50,51)29-13-5-1-9-21(29)33-25(17-61)37-65-41(33)69-38-26(18-62)34(22-10-2-6-14-30(22)46(52,53)54)43(66-38)71-40-28(20-64)36(24-12-4-8-16-32(24)48(58,59)60)44(68-40)72-39-27(19-63)35(42(67-39)70-37)23-11-3-7-15-31(23)47(55,56)57/h1-16,61H,(H,65,66,67,68,69,70,71,72). The lowest BCUT2D eigenvalue weighted by molar-refractivity contribution is -0.138. The molecule has 0 unspecified atom stereocenters. The molecular weight excluding hydrogens is 973 g/mol. The molecule has 0 radical (unpaired) electrons. The zero-order chi connectivity index (χ0) is 51.7. The van der Waals surface area contributed by atoms with Gasteiger partial charge in [0.05, 0.1) is 27.8 Å². The molecule has 9 rings (SSSR count). The first-order valence-corrected chi connectivity index (χ1v) is 20.1. The maximum atomic E-state index is 14.8. The van der Waals surface area contributed by atoms with Crippen LogP contribution >= 0.6 is 0 Å². The number of halogens is 12. The van der Waals surface area contributed by atoms with E-state index in [0.717, 1.165) is 72.8 Å². The van der Waals surface area contributed by atoms with Crippen molar-refractivity contribution in [2.75, 3.05) is 0 Å². The van der Waals surface area contributed by atoms with Crippen LogP contribution in [0.1, 0.15) is 44.5 Å². The molecule has 24 heteroatoms. The molecule has 0 atom stereocenters. The number of amidine groups is 5. The Labute approximate surface area is 394 Å². The van der Waals surface area contributed by atoms with Crippen molar-refractivity contribution in [1.82, 2.24) is 4.98 Å². The fraction of sp³-hybridized carbons (Fsp3) is 0.0833. The minimum atomic E-state index is -5.16. The van der Waals surface area contributed by atoms with Crippen molar-refractivity contribution in [2.24, 2.45) is 34.9 Å². The topological polar surface area (TPSA) is 198 Å². The van der Waals surface area contributed by atoms with Crippen LogP contribution in [0.5, 0.6) is 0 Å². The Kier molecular flexibility index (Phi) is 11.3. The first-order chi connectivity index (χ1) is 34.1. The molecule has 4 aromatic carbocycles. The van der Waals surface area contributed by atoms with Crippen LogP contribution in [-0.4, -0.2) is 40.0 Å². The van der Waals surface area contributed by atoms with Crippen LogP contribution in [0.25, 0.3) is 27.8 Å². The third-order valence-corrected chi connectivity index (χ3v) is 11.0. The number of hydrogen-bond donors (Lipinski definition) is 2. The Balaban J connectivity index is 1.50. The van der Waals surface area contributed by atoms with E-state index in [2.05, 4.69) is 39.9 Å². The van der Waals surface area contributed by atoms with Gasteiger partial charge in [0.2, 0.25) is 0 Å². The number of aromatic nitrogens is 1. The van der Waals surface area contributed by atoms with Crippen molar-refractivity contribution in [1.29, 1.82) is 21.2 Å². The van der Waals surface area contributed by atoms with Crippen LogP contribution in [-0.2, 0) is 24.7 Å². The third-order valence-electron chi connectivity index (χ3n) is 11.0. The Bertz CT molecular complexity index is 3840. The van der Waals surface area contributed by atoms with Crippen LogP contribution in [0.15, 0.2) is 155 Å². The second-order valence-electron chi connectivity index (χ2n) is 15.2. The van der Waals surface area contributed by atoms with E-state index in [9.17, 15) is 68.5 Å². The number of nitrogens with zero attached hydrogens (tertiary/aromatic N) is 10. The van der Waals surface area contributed by atoms with Gasteiger partial charge in [0.1, 0.15) is 40.4 Å². The lowest BCUT2D eigenvalue weighted by atomic mass is 9.94. The van der Waals surface area contributed by atoms with E-state index in [0.29, 0.717) is 24.3 Å². The number of rotatable bonds is 4. The SMILES string of the molecule is N#CC1=C(c2ccccc2C(F)(F)F)C2=NC3=NC(=C(c4ccccc4C(F)(F)F)C3=C=N)N=C3N=C(N=c4[nH]c(c(-c5ccccc5C(F)(F)F)c4C#N)=NC1=N2)C(c1ccccc1C(F)(F)F)=C3C#N. The molecule has 4 aliphatic rings. The number of benzene rings is 4. The van der Waals surface area contributed by atoms with Crippen LogP contribution in [0.3, 0.4) is 0 Å². The molecule has 72 heavy (non-hydrogen) atoms. The first-order valence-electron chi connectivity index (χ1n) is 20.1. The molecular formula is C48H18F12N12. The second-order valence-corrected chi connectivity index (χ2v) is 15.2. The van der Waals surface area contributed by atoms with Gasteiger partial charge in [0.25, 0.3) is 0 Å². The van der Waals surface area contributed by atoms with Gasteiger partial charge >= 0.3 is 24.7 Å². The lowest BCUT2D eigenvalue weighted by Gasteiger charge is -2.15. The van der Waals surface area contributed by atoms with E-state index < -0.39 is 160 Å². The first kappa shape index (κ1) is 47.5. The molecule has 12 nitrogen and oxygen atoms in total. The van der Waals surface area contributed by atoms with Gasteiger partial charge in [-0.25, -0.2) is 34.9 Å². The van der Waals surface area contributed by atoms with Gasteiger partial charge in [0.15, 0.2) is 40.5 Å². The average Bonchev–Trinajstić information content (AvgIpc) is 4.06. The van der Waals surface area contributed by atoms with E-state index in [-0.39, 0.29) is 0 Å². The number of aromatic amines is 1. The number of alkyl halides is 12. The highest BCUT2D eigenvalue weighted by atomic mass is 19.4. The molecule has 0 spiro atoms. The zero-order valence-electron chi connectivity index (χ0n) is 35.2. The number of H-pyrrole nitrogens is 1. The predicted molar refractivity (Wildman–Crippen MR) is 233 cm³/mol. The van der Waals surface area contributed by atoms with E-state index in [1.165, 1.54) is 0 Å². The van der Waals surface area contributed by atoms with Crippen LogP contribution in [0.2, 0.25) is 0 Å².